The first-order valence-electron chi connectivity index (χ1n) is 6.65. The Morgan fingerprint density at radius 3 is 2.62 bits per heavy atom. The molecule has 120 valence electrons. The van der Waals surface area contributed by atoms with Crippen LogP contribution in [-0.2, 0) is 17.1 Å². The smallest absolute Gasteiger partial charge is 0.262 e. The van der Waals surface area contributed by atoms with E-state index in [9.17, 15) is 8.42 Å². The zero-order chi connectivity index (χ0) is 16.2. The number of sulfonamides is 1. The van der Waals surface area contributed by atoms with Gasteiger partial charge >= 0.3 is 0 Å². The molecule has 1 aromatic heterocycles. The van der Waals surface area contributed by atoms with Crippen LogP contribution in [0, 0.1) is 12.8 Å². The molecule has 0 unspecified atom stereocenters. The Balaban J connectivity index is 3.05. The van der Waals surface area contributed by atoms with E-state index >= 15 is 0 Å². The van der Waals surface area contributed by atoms with Gasteiger partial charge in [0.2, 0.25) is 0 Å². The largest absolute Gasteiger partial charge is 0.409 e. The number of nitrogens with zero attached hydrogens (tertiary/aromatic N) is 4. The molecule has 0 aromatic carbocycles. The Labute approximate surface area is 125 Å². The van der Waals surface area contributed by atoms with Crippen molar-refractivity contribution in [3.05, 3.63) is 12.0 Å². The highest BCUT2D eigenvalue weighted by Gasteiger charge is 2.28. The normalized spacial score (nSPS) is 13.3. The molecule has 0 bridgehead atoms. The Bertz CT molecular complexity index is 587. The van der Waals surface area contributed by atoms with Gasteiger partial charge in [-0.25, -0.2) is 13.4 Å². The molecule has 0 atom stereocenters. The van der Waals surface area contributed by atoms with Crippen molar-refractivity contribution in [2.24, 2.45) is 23.9 Å². The molecule has 1 aromatic rings. The fourth-order valence-electron chi connectivity index (χ4n) is 1.79. The number of imidazole rings is 1. The maximum absolute atomic E-state index is 12.6. The van der Waals surface area contributed by atoms with Crippen LogP contribution in [0.5, 0.6) is 0 Å². The van der Waals surface area contributed by atoms with E-state index < -0.39 is 10.0 Å². The van der Waals surface area contributed by atoms with Crippen molar-refractivity contribution in [3.8, 4) is 0 Å². The minimum Gasteiger partial charge on any atom is -0.409 e. The number of amidine groups is 1. The standard InChI is InChI=1S/C12H23N5O3S/c1-9(2)7-17(6-5-11(13)15-18)21(19,20)12-8-16(4)10(3)14-12/h8-9,18H,5-7H2,1-4H3,(H2,13,15). The van der Waals surface area contributed by atoms with Gasteiger partial charge in [-0.1, -0.05) is 19.0 Å². The summed E-state index contributed by atoms with van der Waals surface area (Å²) in [6.07, 6.45) is 1.65. The number of rotatable bonds is 7. The SMILES string of the molecule is Cc1nc(S(=O)(=O)N(CCC(N)=NO)CC(C)C)cn1C. The van der Waals surface area contributed by atoms with E-state index in [2.05, 4.69) is 10.1 Å². The summed E-state index contributed by atoms with van der Waals surface area (Å²) >= 11 is 0. The monoisotopic (exact) mass is 317 g/mol. The van der Waals surface area contributed by atoms with Gasteiger partial charge in [0.1, 0.15) is 11.7 Å². The molecule has 1 heterocycles. The topological polar surface area (TPSA) is 114 Å². The molecule has 0 amide bonds. The lowest BCUT2D eigenvalue weighted by atomic mass is 10.2. The first-order chi connectivity index (χ1) is 9.68. The van der Waals surface area contributed by atoms with Crippen molar-refractivity contribution >= 4 is 15.9 Å². The molecule has 0 spiro atoms. The van der Waals surface area contributed by atoms with Crippen LogP contribution in [-0.4, -0.2) is 46.4 Å². The third kappa shape index (κ3) is 4.43. The third-order valence-corrected chi connectivity index (χ3v) is 4.74. The second kappa shape index (κ2) is 6.90. The quantitative estimate of drug-likeness (QED) is 0.329. The second-order valence-electron chi connectivity index (χ2n) is 5.34. The summed E-state index contributed by atoms with van der Waals surface area (Å²) in [5, 5.41) is 11.5. The first kappa shape index (κ1) is 17.4. The van der Waals surface area contributed by atoms with Crippen molar-refractivity contribution in [1.29, 1.82) is 0 Å². The Hall–Kier alpha value is -1.61. The molecule has 0 saturated carbocycles. The fourth-order valence-corrected chi connectivity index (χ4v) is 3.42. The average Bonchev–Trinajstić information content (AvgIpc) is 2.74. The molecule has 3 N–H and O–H groups in total. The van der Waals surface area contributed by atoms with E-state index in [0.717, 1.165) is 0 Å². The van der Waals surface area contributed by atoms with Crippen LogP contribution in [0.3, 0.4) is 0 Å². The fraction of sp³-hybridized carbons (Fsp3) is 0.667. The van der Waals surface area contributed by atoms with Crippen LogP contribution in [0.4, 0.5) is 0 Å². The molecule has 0 aliphatic carbocycles. The number of aromatic nitrogens is 2. The summed E-state index contributed by atoms with van der Waals surface area (Å²) in [5.41, 5.74) is 5.42. The summed E-state index contributed by atoms with van der Waals surface area (Å²) in [7, 11) is -1.95. The maximum Gasteiger partial charge on any atom is 0.262 e. The molecule has 0 fully saturated rings. The van der Waals surface area contributed by atoms with Gasteiger partial charge in [0, 0.05) is 32.8 Å². The van der Waals surface area contributed by atoms with E-state index in [1.54, 1.807) is 18.5 Å². The van der Waals surface area contributed by atoms with E-state index in [1.807, 2.05) is 13.8 Å². The minimum absolute atomic E-state index is 0.00356. The Kier molecular flexibility index (Phi) is 5.73. The summed E-state index contributed by atoms with van der Waals surface area (Å²) in [4.78, 5) is 4.08. The highest BCUT2D eigenvalue weighted by molar-refractivity contribution is 7.89. The number of nitrogens with two attached hydrogens (primary N) is 1. The molecular formula is C12H23N5O3S. The van der Waals surface area contributed by atoms with Crippen molar-refractivity contribution < 1.29 is 13.6 Å². The minimum atomic E-state index is -3.69. The predicted molar refractivity (Wildman–Crippen MR) is 79.6 cm³/mol. The van der Waals surface area contributed by atoms with Crippen LogP contribution in [0.1, 0.15) is 26.1 Å². The zero-order valence-corrected chi connectivity index (χ0v) is 13.6. The van der Waals surface area contributed by atoms with Crippen LogP contribution in [0.25, 0.3) is 0 Å². The lowest BCUT2D eigenvalue weighted by Gasteiger charge is -2.22. The van der Waals surface area contributed by atoms with E-state index in [-0.39, 0.29) is 29.7 Å². The number of hydrogen-bond donors (Lipinski definition) is 2. The van der Waals surface area contributed by atoms with E-state index in [4.69, 9.17) is 10.9 Å². The van der Waals surface area contributed by atoms with Gasteiger partial charge in [-0.15, -0.1) is 0 Å². The van der Waals surface area contributed by atoms with Crippen molar-refractivity contribution in [1.82, 2.24) is 13.9 Å². The number of aryl methyl sites for hydroxylation is 2. The van der Waals surface area contributed by atoms with Crippen molar-refractivity contribution in [2.45, 2.75) is 32.2 Å². The molecular weight excluding hydrogens is 294 g/mol. The van der Waals surface area contributed by atoms with Gasteiger partial charge in [-0.2, -0.15) is 4.31 Å². The molecule has 0 aliphatic heterocycles. The zero-order valence-electron chi connectivity index (χ0n) is 12.8. The van der Waals surface area contributed by atoms with Gasteiger partial charge in [0.25, 0.3) is 10.0 Å². The molecule has 0 aliphatic rings. The molecule has 21 heavy (non-hydrogen) atoms. The number of oxime groups is 1. The van der Waals surface area contributed by atoms with Crippen LogP contribution in [0.15, 0.2) is 16.4 Å². The van der Waals surface area contributed by atoms with Crippen LogP contribution >= 0.6 is 0 Å². The van der Waals surface area contributed by atoms with Gasteiger partial charge in [0.15, 0.2) is 5.03 Å². The average molecular weight is 317 g/mol. The lowest BCUT2D eigenvalue weighted by molar-refractivity contribution is 0.314. The first-order valence-corrected chi connectivity index (χ1v) is 8.09. The van der Waals surface area contributed by atoms with Crippen LogP contribution < -0.4 is 5.73 Å². The van der Waals surface area contributed by atoms with Crippen molar-refractivity contribution in [3.63, 3.8) is 0 Å². The lowest BCUT2D eigenvalue weighted by Crippen LogP contribution is -2.37. The third-order valence-electron chi connectivity index (χ3n) is 3.01. The summed E-state index contributed by atoms with van der Waals surface area (Å²) < 4.78 is 28.3. The predicted octanol–water partition coefficient (Wildman–Crippen LogP) is 0.512. The maximum atomic E-state index is 12.6. The van der Waals surface area contributed by atoms with Crippen LogP contribution in [0.2, 0.25) is 0 Å². The molecule has 8 nitrogen and oxygen atoms in total. The number of hydrogen-bond acceptors (Lipinski definition) is 5. The highest BCUT2D eigenvalue weighted by atomic mass is 32.2. The Morgan fingerprint density at radius 2 is 2.19 bits per heavy atom. The molecule has 1 rings (SSSR count). The van der Waals surface area contributed by atoms with Gasteiger partial charge in [-0.3, -0.25) is 0 Å². The second-order valence-corrected chi connectivity index (χ2v) is 7.22. The molecule has 0 radical (unpaired) electrons. The summed E-state index contributed by atoms with van der Waals surface area (Å²) in [6, 6.07) is 0. The van der Waals surface area contributed by atoms with Gasteiger partial charge < -0.3 is 15.5 Å². The van der Waals surface area contributed by atoms with Crippen molar-refractivity contribution in [2.75, 3.05) is 13.1 Å². The van der Waals surface area contributed by atoms with Gasteiger partial charge in [-0.05, 0) is 12.8 Å². The molecule has 0 saturated heterocycles. The molecule has 9 heteroatoms. The summed E-state index contributed by atoms with van der Waals surface area (Å²) in [5.74, 6) is 0.766. The Morgan fingerprint density at radius 1 is 1.57 bits per heavy atom. The van der Waals surface area contributed by atoms with Gasteiger partial charge in [0.05, 0.1) is 0 Å². The summed E-state index contributed by atoms with van der Waals surface area (Å²) in [6.45, 7) is 6.08. The van der Waals surface area contributed by atoms with E-state index in [0.29, 0.717) is 12.4 Å². The van der Waals surface area contributed by atoms with E-state index in [1.165, 1.54) is 10.5 Å². The highest BCUT2D eigenvalue weighted by Crippen LogP contribution is 2.16.